The zero-order chi connectivity index (χ0) is 17.1. The van der Waals surface area contributed by atoms with Crippen LogP contribution in [0.1, 0.15) is 42.7 Å². The summed E-state index contributed by atoms with van der Waals surface area (Å²) in [6.45, 7) is 1.48. The molecule has 0 saturated heterocycles. The molecule has 0 atom stereocenters. The van der Waals surface area contributed by atoms with Gasteiger partial charge in [0.05, 0.1) is 6.26 Å². The van der Waals surface area contributed by atoms with Crippen LogP contribution in [0.2, 0.25) is 0 Å². The van der Waals surface area contributed by atoms with Crippen molar-refractivity contribution in [3.63, 3.8) is 0 Å². The Balaban J connectivity index is 0.000000379. The Morgan fingerprint density at radius 2 is 1.74 bits per heavy atom. The first-order chi connectivity index (χ1) is 11.0. The van der Waals surface area contributed by atoms with Crippen molar-refractivity contribution in [1.82, 2.24) is 10.6 Å². The molecular weight excluding hydrogens is 304 g/mol. The van der Waals surface area contributed by atoms with Crippen LogP contribution in [-0.2, 0) is 9.59 Å². The predicted molar refractivity (Wildman–Crippen MR) is 81.2 cm³/mol. The zero-order valence-electron chi connectivity index (χ0n) is 12.8. The molecule has 0 bridgehead atoms. The number of carbonyl (C=O) groups excluding carboxylic acids is 1. The second kappa shape index (κ2) is 10.4. The van der Waals surface area contributed by atoms with Gasteiger partial charge in [0, 0.05) is 19.1 Å². The highest BCUT2D eigenvalue weighted by molar-refractivity contribution is 6.27. The van der Waals surface area contributed by atoms with Crippen LogP contribution in [0.15, 0.2) is 22.8 Å². The maximum atomic E-state index is 11.5. The third kappa shape index (κ3) is 8.01. The van der Waals surface area contributed by atoms with E-state index in [0.29, 0.717) is 18.3 Å². The van der Waals surface area contributed by atoms with Crippen LogP contribution in [0, 0.1) is 0 Å². The molecule has 128 valence electrons. The fourth-order valence-corrected chi connectivity index (χ4v) is 2.25. The van der Waals surface area contributed by atoms with Crippen LogP contribution < -0.4 is 10.6 Å². The number of rotatable bonds is 5. The Hall–Kier alpha value is -2.35. The first kappa shape index (κ1) is 18.7. The van der Waals surface area contributed by atoms with Crippen molar-refractivity contribution < 1.29 is 29.0 Å². The number of aliphatic carboxylic acids is 2. The number of furan rings is 1. The highest BCUT2D eigenvalue weighted by Gasteiger charge is 2.12. The molecule has 1 aromatic rings. The van der Waals surface area contributed by atoms with Gasteiger partial charge in [0.25, 0.3) is 5.91 Å². The smallest absolute Gasteiger partial charge is 0.414 e. The van der Waals surface area contributed by atoms with Crippen molar-refractivity contribution in [2.24, 2.45) is 0 Å². The predicted octanol–water partition coefficient (Wildman–Crippen LogP) is 1.09. The van der Waals surface area contributed by atoms with E-state index < -0.39 is 11.9 Å². The number of amides is 1. The van der Waals surface area contributed by atoms with E-state index in [4.69, 9.17) is 24.2 Å². The Bertz CT molecular complexity index is 482. The van der Waals surface area contributed by atoms with Crippen LogP contribution in [-0.4, -0.2) is 47.2 Å². The third-order valence-electron chi connectivity index (χ3n) is 3.38. The van der Waals surface area contributed by atoms with E-state index in [-0.39, 0.29) is 5.91 Å². The van der Waals surface area contributed by atoms with Gasteiger partial charge in [-0.3, -0.25) is 4.79 Å². The quantitative estimate of drug-likeness (QED) is 0.471. The first-order valence-electron chi connectivity index (χ1n) is 7.52. The number of carboxylic acids is 2. The van der Waals surface area contributed by atoms with Crippen LogP contribution in [0.5, 0.6) is 0 Å². The van der Waals surface area contributed by atoms with Gasteiger partial charge in [-0.2, -0.15) is 0 Å². The average Bonchev–Trinajstić information content (AvgIpc) is 3.07. The van der Waals surface area contributed by atoms with Crippen molar-refractivity contribution in [1.29, 1.82) is 0 Å². The molecule has 8 nitrogen and oxygen atoms in total. The summed E-state index contributed by atoms with van der Waals surface area (Å²) in [6.07, 6.45) is 8.08. The molecule has 1 saturated carbocycles. The normalized spacial score (nSPS) is 14.4. The van der Waals surface area contributed by atoms with Gasteiger partial charge in [0.1, 0.15) is 0 Å². The summed E-state index contributed by atoms with van der Waals surface area (Å²) in [4.78, 5) is 29.7. The van der Waals surface area contributed by atoms with Gasteiger partial charge in [-0.25, -0.2) is 9.59 Å². The van der Waals surface area contributed by atoms with Crippen molar-refractivity contribution in [2.75, 3.05) is 13.1 Å². The first-order valence-corrected chi connectivity index (χ1v) is 7.52. The second-order valence-corrected chi connectivity index (χ2v) is 5.13. The van der Waals surface area contributed by atoms with Crippen molar-refractivity contribution in [3.05, 3.63) is 24.2 Å². The summed E-state index contributed by atoms with van der Waals surface area (Å²) >= 11 is 0. The molecule has 1 fully saturated rings. The minimum Gasteiger partial charge on any atom is -0.473 e. The van der Waals surface area contributed by atoms with Crippen LogP contribution in [0.25, 0.3) is 0 Å². The lowest BCUT2D eigenvalue weighted by molar-refractivity contribution is -0.159. The third-order valence-corrected chi connectivity index (χ3v) is 3.38. The maximum absolute atomic E-state index is 11.5. The number of carboxylic acid groups (broad SMARTS) is 2. The van der Waals surface area contributed by atoms with Gasteiger partial charge in [-0.1, -0.05) is 19.3 Å². The maximum Gasteiger partial charge on any atom is 0.414 e. The lowest BCUT2D eigenvalue weighted by Crippen LogP contribution is -2.37. The van der Waals surface area contributed by atoms with Gasteiger partial charge in [0.2, 0.25) is 0 Å². The van der Waals surface area contributed by atoms with Gasteiger partial charge in [-0.05, 0) is 25.0 Å². The van der Waals surface area contributed by atoms with Crippen molar-refractivity contribution >= 4 is 17.8 Å². The van der Waals surface area contributed by atoms with Crippen molar-refractivity contribution in [2.45, 2.75) is 38.1 Å². The molecule has 1 aliphatic carbocycles. The SMILES string of the molecule is O=C(NCCNC1CCCCC1)c1ccco1.O=C(O)C(=O)O. The topological polar surface area (TPSA) is 129 Å². The Morgan fingerprint density at radius 1 is 1.09 bits per heavy atom. The molecule has 1 heterocycles. The fourth-order valence-electron chi connectivity index (χ4n) is 2.25. The van der Waals surface area contributed by atoms with Crippen LogP contribution >= 0.6 is 0 Å². The summed E-state index contributed by atoms with van der Waals surface area (Å²) in [5, 5.41) is 21.1. The standard InChI is InChI=1S/C13H20N2O2.C2H2O4/c16-13(12-7-4-10-17-12)15-9-8-14-11-5-2-1-3-6-11;3-1(4)2(5)6/h4,7,10-11,14H,1-3,5-6,8-9H2,(H,15,16);(H,3,4)(H,5,6). The molecule has 0 unspecified atom stereocenters. The van der Waals surface area contributed by atoms with Gasteiger partial charge < -0.3 is 25.3 Å². The Morgan fingerprint density at radius 3 is 2.26 bits per heavy atom. The fraction of sp³-hybridized carbons (Fsp3) is 0.533. The zero-order valence-corrected chi connectivity index (χ0v) is 12.8. The summed E-state index contributed by atoms with van der Waals surface area (Å²) in [6, 6.07) is 4.03. The number of hydrogen-bond acceptors (Lipinski definition) is 5. The average molecular weight is 326 g/mol. The van der Waals surface area contributed by atoms with E-state index in [1.807, 2.05) is 0 Å². The summed E-state index contributed by atoms with van der Waals surface area (Å²) < 4.78 is 5.01. The van der Waals surface area contributed by atoms with Gasteiger partial charge in [0.15, 0.2) is 5.76 Å². The molecule has 1 aromatic heterocycles. The van der Waals surface area contributed by atoms with Gasteiger partial charge in [-0.15, -0.1) is 0 Å². The molecule has 1 aliphatic rings. The van der Waals surface area contributed by atoms with E-state index in [0.717, 1.165) is 6.54 Å². The molecule has 2 rings (SSSR count). The number of carbonyl (C=O) groups is 3. The molecule has 4 N–H and O–H groups in total. The molecule has 0 aromatic carbocycles. The highest BCUT2D eigenvalue weighted by atomic mass is 16.4. The molecule has 0 spiro atoms. The van der Waals surface area contributed by atoms with Gasteiger partial charge >= 0.3 is 11.9 Å². The minimum atomic E-state index is -1.82. The second-order valence-electron chi connectivity index (χ2n) is 5.13. The largest absolute Gasteiger partial charge is 0.473 e. The van der Waals surface area contributed by atoms with E-state index >= 15 is 0 Å². The van der Waals surface area contributed by atoms with Crippen LogP contribution in [0.4, 0.5) is 0 Å². The van der Waals surface area contributed by atoms with E-state index in [9.17, 15) is 4.79 Å². The van der Waals surface area contributed by atoms with Crippen molar-refractivity contribution in [3.8, 4) is 0 Å². The van der Waals surface area contributed by atoms with Crippen LogP contribution in [0.3, 0.4) is 0 Å². The monoisotopic (exact) mass is 326 g/mol. The molecule has 8 heteroatoms. The Kier molecular flexibility index (Phi) is 8.45. The summed E-state index contributed by atoms with van der Waals surface area (Å²) in [5.74, 6) is -3.41. The molecule has 0 radical (unpaired) electrons. The minimum absolute atomic E-state index is 0.138. The Labute approximate surface area is 133 Å². The number of nitrogens with one attached hydrogen (secondary N) is 2. The lowest BCUT2D eigenvalue weighted by Gasteiger charge is -2.22. The number of hydrogen-bond donors (Lipinski definition) is 4. The summed E-state index contributed by atoms with van der Waals surface area (Å²) in [5.41, 5.74) is 0. The molecule has 23 heavy (non-hydrogen) atoms. The molecule has 0 aliphatic heterocycles. The van der Waals surface area contributed by atoms with E-state index in [2.05, 4.69) is 10.6 Å². The lowest BCUT2D eigenvalue weighted by atomic mass is 9.95. The highest BCUT2D eigenvalue weighted by Crippen LogP contribution is 2.16. The van der Waals surface area contributed by atoms with E-state index in [1.165, 1.54) is 38.4 Å². The summed E-state index contributed by atoms with van der Waals surface area (Å²) in [7, 11) is 0. The molecule has 1 amide bonds. The van der Waals surface area contributed by atoms with E-state index in [1.54, 1.807) is 12.1 Å². The molecular formula is C15H22N2O6.